The van der Waals surface area contributed by atoms with Crippen LogP contribution in [0.25, 0.3) is 0 Å². The van der Waals surface area contributed by atoms with E-state index in [2.05, 4.69) is 5.32 Å². The number of amides is 2. The molecule has 2 amide bonds. The van der Waals surface area contributed by atoms with Crippen molar-refractivity contribution in [3.63, 3.8) is 0 Å². The molecule has 0 spiro atoms. The van der Waals surface area contributed by atoms with E-state index in [0.717, 1.165) is 28.1 Å². The Morgan fingerprint density at radius 2 is 1.82 bits per heavy atom. The van der Waals surface area contributed by atoms with Crippen molar-refractivity contribution in [2.45, 2.75) is 39.8 Å². The molecule has 7 nitrogen and oxygen atoms in total. The molecule has 0 unspecified atom stereocenters. The van der Waals surface area contributed by atoms with Gasteiger partial charge in [0.1, 0.15) is 12.6 Å². The molecule has 0 aliphatic heterocycles. The quantitative estimate of drug-likeness (QED) is 0.519. The van der Waals surface area contributed by atoms with Gasteiger partial charge in [0, 0.05) is 23.1 Å². The van der Waals surface area contributed by atoms with Crippen LogP contribution in [0.5, 0.6) is 0 Å². The highest BCUT2D eigenvalue weighted by molar-refractivity contribution is 7.92. The monoisotopic (exact) mass is 513 g/mol. The molecule has 0 aliphatic rings. The van der Waals surface area contributed by atoms with Crippen molar-refractivity contribution in [3.8, 4) is 0 Å². The van der Waals surface area contributed by atoms with Crippen LogP contribution in [0.3, 0.4) is 0 Å². The fourth-order valence-corrected chi connectivity index (χ4v) is 4.39. The van der Waals surface area contributed by atoms with Gasteiger partial charge in [0.05, 0.1) is 11.9 Å². The highest BCUT2D eigenvalue weighted by Gasteiger charge is 2.30. The van der Waals surface area contributed by atoms with E-state index in [-0.39, 0.29) is 18.1 Å². The summed E-state index contributed by atoms with van der Waals surface area (Å²) in [5, 5.41) is 3.67. The third-order valence-electron chi connectivity index (χ3n) is 5.08. The average Bonchev–Trinajstić information content (AvgIpc) is 2.74. The number of carbonyl (C=O) groups excluding carboxylic acids is 2. The van der Waals surface area contributed by atoms with E-state index in [1.807, 2.05) is 6.92 Å². The van der Waals surface area contributed by atoms with Crippen molar-refractivity contribution < 1.29 is 18.0 Å². The maximum absolute atomic E-state index is 13.4. The van der Waals surface area contributed by atoms with Crippen LogP contribution < -0.4 is 9.62 Å². The minimum atomic E-state index is -3.81. The van der Waals surface area contributed by atoms with E-state index in [9.17, 15) is 18.0 Å². The number of sulfonamides is 1. The Bertz CT molecular complexity index is 1110. The van der Waals surface area contributed by atoms with E-state index in [1.165, 1.54) is 11.0 Å². The Labute approximate surface area is 205 Å². The van der Waals surface area contributed by atoms with Gasteiger partial charge in [-0.05, 0) is 55.7 Å². The van der Waals surface area contributed by atoms with Gasteiger partial charge in [0.2, 0.25) is 21.8 Å². The van der Waals surface area contributed by atoms with Crippen molar-refractivity contribution in [2.75, 3.05) is 23.7 Å². The largest absolute Gasteiger partial charge is 0.354 e. The molecular weight excluding hydrogens is 485 g/mol. The summed E-state index contributed by atoms with van der Waals surface area (Å²) in [5.41, 5.74) is 1.77. The van der Waals surface area contributed by atoms with Gasteiger partial charge in [-0.1, -0.05) is 48.3 Å². The first-order valence-electron chi connectivity index (χ1n) is 10.5. The Kier molecular flexibility index (Phi) is 9.57. The molecule has 2 rings (SSSR count). The highest BCUT2D eigenvalue weighted by Crippen LogP contribution is 2.25. The van der Waals surface area contributed by atoms with Crippen LogP contribution in [-0.4, -0.2) is 50.5 Å². The molecule has 0 aromatic heterocycles. The summed E-state index contributed by atoms with van der Waals surface area (Å²) in [5.74, 6) is -0.854. The van der Waals surface area contributed by atoms with Crippen LogP contribution in [0.1, 0.15) is 31.4 Å². The molecule has 0 heterocycles. The number of hydrogen-bond acceptors (Lipinski definition) is 4. The van der Waals surface area contributed by atoms with E-state index >= 15 is 0 Å². The maximum Gasteiger partial charge on any atom is 0.244 e. The van der Waals surface area contributed by atoms with Crippen LogP contribution >= 0.6 is 23.2 Å². The molecule has 10 heteroatoms. The number of nitrogens with one attached hydrogen (secondary N) is 1. The molecular formula is C23H29Cl2N3O4S. The number of benzene rings is 2. The van der Waals surface area contributed by atoms with Crippen molar-refractivity contribution in [3.05, 3.63) is 63.6 Å². The zero-order valence-electron chi connectivity index (χ0n) is 19.1. The predicted octanol–water partition coefficient (Wildman–Crippen LogP) is 4.01. The number of aryl methyl sites for hydroxylation is 1. The van der Waals surface area contributed by atoms with Gasteiger partial charge in [-0.3, -0.25) is 13.9 Å². The van der Waals surface area contributed by atoms with Gasteiger partial charge in [0.25, 0.3) is 0 Å². The van der Waals surface area contributed by atoms with E-state index in [1.54, 1.807) is 50.2 Å². The molecule has 1 N–H and O–H groups in total. The van der Waals surface area contributed by atoms with Crippen molar-refractivity contribution in [2.24, 2.45) is 0 Å². The van der Waals surface area contributed by atoms with Crippen molar-refractivity contribution in [1.82, 2.24) is 10.2 Å². The molecule has 0 saturated carbocycles. The van der Waals surface area contributed by atoms with Gasteiger partial charge in [-0.25, -0.2) is 8.42 Å². The molecule has 1 atom stereocenters. The summed E-state index contributed by atoms with van der Waals surface area (Å²) in [6, 6.07) is 10.9. The second kappa shape index (κ2) is 11.7. The lowest BCUT2D eigenvalue weighted by molar-refractivity contribution is -0.139. The summed E-state index contributed by atoms with van der Waals surface area (Å²) in [6.07, 6.45) is 1.77. The Balaban J connectivity index is 2.39. The van der Waals surface area contributed by atoms with Crippen LogP contribution in [0.2, 0.25) is 10.0 Å². The minimum Gasteiger partial charge on any atom is -0.354 e. The zero-order chi connectivity index (χ0) is 24.8. The predicted molar refractivity (Wildman–Crippen MR) is 133 cm³/mol. The Hall–Kier alpha value is -2.29. The van der Waals surface area contributed by atoms with Gasteiger partial charge in [0.15, 0.2) is 0 Å². The highest BCUT2D eigenvalue weighted by atomic mass is 35.5. The average molecular weight is 514 g/mol. The maximum atomic E-state index is 13.4. The van der Waals surface area contributed by atoms with Gasteiger partial charge in [-0.15, -0.1) is 0 Å². The van der Waals surface area contributed by atoms with Gasteiger partial charge >= 0.3 is 0 Å². The molecule has 0 aliphatic carbocycles. The third kappa shape index (κ3) is 7.62. The molecule has 180 valence electrons. The minimum absolute atomic E-state index is 0.0896. The summed E-state index contributed by atoms with van der Waals surface area (Å²) >= 11 is 12.3. The third-order valence-corrected chi connectivity index (χ3v) is 6.86. The molecule has 0 saturated heterocycles. The van der Waals surface area contributed by atoms with Crippen LogP contribution in [0, 0.1) is 6.92 Å². The lowest BCUT2D eigenvalue weighted by Crippen LogP contribution is -2.51. The summed E-state index contributed by atoms with van der Waals surface area (Å²) in [6.45, 7) is 5.42. The normalized spacial score (nSPS) is 12.2. The SMILES string of the molecule is CCCNC(=O)[C@H](C)N(Cc1cccc(Cl)c1)C(=O)CN(c1ccc(C)c(Cl)c1)S(C)(=O)=O. The number of hydrogen-bond donors (Lipinski definition) is 1. The van der Waals surface area contributed by atoms with E-state index < -0.39 is 28.5 Å². The van der Waals surface area contributed by atoms with Crippen LogP contribution in [0.4, 0.5) is 5.69 Å². The lowest BCUT2D eigenvalue weighted by atomic mass is 10.1. The van der Waals surface area contributed by atoms with Crippen molar-refractivity contribution in [1.29, 1.82) is 0 Å². The molecule has 0 radical (unpaired) electrons. The zero-order valence-corrected chi connectivity index (χ0v) is 21.5. The first-order valence-corrected chi connectivity index (χ1v) is 13.1. The van der Waals surface area contributed by atoms with Crippen molar-refractivity contribution >= 4 is 50.7 Å². The number of rotatable bonds is 10. The second-order valence-electron chi connectivity index (χ2n) is 7.82. The molecule has 2 aromatic carbocycles. The molecule has 0 fully saturated rings. The van der Waals surface area contributed by atoms with E-state index in [4.69, 9.17) is 23.2 Å². The molecule has 0 bridgehead atoms. The first-order chi connectivity index (χ1) is 15.4. The topological polar surface area (TPSA) is 86.8 Å². The fraction of sp³-hybridized carbons (Fsp3) is 0.391. The van der Waals surface area contributed by atoms with Gasteiger partial charge in [-0.2, -0.15) is 0 Å². The molecule has 2 aromatic rings. The fourth-order valence-electron chi connectivity index (χ4n) is 3.16. The van der Waals surface area contributed by atoms with Gasteiger partial charge < -0.3 is 10.2 Å². The Morgan fingerprint density at radius 1 is 1.12 bits per heavy atom. The Morgan fingerprint density at radius 3 is 2.39 bits per heavy atom. The number of carbonyl (C=O) groups is 2. The van der Waals surface area contributed by atoms with Crippen LogP contribution in [0.15, 0.2) is 42.5 Å². The first kappa shape index (κ1) is 27.0. The number of nitrogens with zero attached hydrogens (tertiary/aromatic N) is 2. The summed E-state index contributed by atoms with van der Waals surface area (Å²) in [7, 11) is -3.81. The second-order valence-corrected chi connectivity index (χ2v) is 10.6. The number of halogens is 2. The van der Waals surface area contributed by atoms with E-state index in [0.29, 0.717) is 16.6 Å². The lowest BCUT2D eigenvalue weighted by Gasteiger charge is -2.31. The molecule has 33 heavy (non-hydrogen) atoms. The number of anilines is 1. The summed E-state index contributed by atoms with van der Waals surface area (Å²) < 4.78 is 26.1. The van der Waals surface area contributed by atoms with Crippen LogP contribution in [-0.2, 0) is 26.2 Å². The summed E-state index contributed by atoms with van der Waals surface area (Å²) in [4.78, 5) is 27.4. The standard InChI is InChI=1S/C23H29Cl2N3O4S/c1-5-11-26-23(30)17(3)27(14-18-7-6-8-19(24)12-18)22(29)15-28(33(4,31)32)20-10-9-16(2)21(25)13-20/h6-10,12-13,17H,5,11,14-15H2,1-4H3,(H,26,30)/t17-/m0/s1. The smallest absolute Gasteiger partial charge is 0.244 e.